The first kappa shape index (κ1) is 23.1. The SMILES string of the molecule is O=C(CCC1CCCCC1)N[C@]1(C(F)(F)F)NC(=O)N(CCCc2ccccc2)C1=O. The van der Waals surface area contributed by atoms with Crippen LogP contribution in [0.2, 0.25) is 0 Å². The van der Waals surface area contributed by atoms with Crippen LogP contribution in [0.1, 0.15) is 56.9 Å². The third-order valence-electron chi connectivity index (χ3n) is 6.05. The summed E-state index contributed by atoms with van der Waals surface area (Å²) < 4.78 is 41.6. The van der Waals surface area contributed by atoms with Crippen LogP contribution in [-0.2, 0) is 16.0 Å². The number of alkyl halides is 3. The molecular formula is C22H28F3N3O3. The van der Waals surface area contributed by atoms with Crippen LogP contribution in [0.15, 0.2) is 30.3 Å². The van der Waals surface area contributed by atoms with E-state index in [1.807, 2.05) is 30.3 Å². The standard InChI is InChI=1S/C22H28F3N3O3/c23-22(24,25)21(26-18(29)14-13-17-10-5-2-6-11-17)19(30)28(20(31)27-21)15-7-12-16-8-3-1-4-9-16/h1,3-4,8-9,17H,2,5-7,10-15H2,(H,26,29)(H,27,31)/t21-/m0/s1. The molecule has 0 bridgehead atoms. The molecule has 170 valence electrons. The Hall–Kier alpha value is -2.58. The molecule has 31 heavy (non-hydrogen) atoms. The van der Waals surface area contributed by atoms with E-state index in [-0.39, 0.29) is 13.0 Å². The summed E-state index contributed by atoms with van der Waals surface area (Å²) in [4.78, 5) is 37.8. The van der Waals surface area contributed by atoms with Crippen molar-refractivity contribution in [2.75, 3.05) is 6.54 Å². The summed E-state index contributed by atoms with van der Waals surface area (Å²) in [6.07, 6.45) is 1.20. The first-order chi connectivity index (χ1) is 14.7. The van der Waals surface area contributed by atoms with E-state index in [2.05, 4.69) is 0 Å². The second-order valence-electron chi connectivity index (χ2n) is 8.31. The van der Waals surface area contributed by atoms with Crippen LogP contribution in [0, 0.1) is 5.92 Å². The third-order valence-corrected chi connectivity index (χ3v) is 6.05. The second kappa shape index (κ2) is 9.70. The van der Waals surface area contributed by atoms with Gasteiger partial charge >= 0.3 is 12.2 Å². The summed E-state index contributed by atoms with van der Waals surface area (Å²) >= 11 is 0. The fourth-order valence-electron chi connectivity index (χ4n) is 4.30. The molecule has 1 aliphatic carbocycles. The summed E-state index contributed by atoms with van der Waals surface area (Å²) in [5.41, 5.74) is -2.45. The molecule has 1 aromatic carbocycles. The van der Waals surface area contributed by atoms with Crippen molar-refractivity contribution in [2.45, 2.75) is 69.6 Å². The van der Waals surface area contributed by atoms with Gasteiger partial charge in [-0.1, -0.05) is 62.4 Å². The fraction of sp³-hybridized carbons (Fsp3) is 0.591. The number of aryl methyl sites for hydroxylation is 1. The maximum Gasteiger partial charge on any atom is 0.440 e. The summed E-state index contributed by atoms with van der Waals surface area (Å²) in [6, 6.07) is 8.08. The van der Waals surface area contributed by atoms with Gasteiger partial charge in [-0.15, -0.1) is 0 Å². The van der Waals surface area contributed by atoms with Crippen LogP contribution >= 0.6 is 0 Å². The lowest BCUT2D eigenvalue weighted by Gasteiger charge is -2.30. The molecule has 9 heteroatoms. The van der Waals surface area contributed by atoms with Crippen molar-refractivity contribution in [3.63, 3.8) is 0 Å². The van der Waals surface area contributed by atoms with Gasteiger partial charge in [0.1, 0.15) is 0 Å². The largest absolute Gasteiger partial charge is 0.440 e. The van der Waals surface area contributed by atoms with Gasteiger partial charge in [-0.05, 0) is 30.7 Å². The zero-order valence-electron chi connectivity index (χ0n) is 17.3. The average molecular weight is 439 g/mol. The highest BCUT2D eigenvalue weighted by atomic mass is 19.4. The summed E-state index contributed by atoms with van der Waals surface area (Å²) in [5, 5.41) is 3.51. The van der Waals surface area contributed by atoms with E-state index in [0.29, 0.717) is 30.1 Å². The van der Waals surface area contributed by atoms with Crippen molar-refractivity contribution < 1.29 is 27.6 Å². The second-order valence-corrected chi connectivity index (χ2v) is 8.31. The van der Waals surface area contributed by atoms with Crippen LogP contribution in [0.25, 0.3) is 0 Å². The lowest BCUT2D eigenvalue weighted by atomic mass is 9.86. The number of nitrogens with one attached hydrogen (secondary N) is 2. The van der Waals surface area contributed by atoms with Crippen molar-refractivity contribution in [3.05, 3.63) is 35.9 Å². The Balaban J connectivity index is 1.62. The molecule has 2 aliphatic rings. The first-order valence-electron chi connectivity index (χ1n) is 10.8. The minimum absolute atomic E-state index is 0.111. The van der Waals surface area contributed by atoms with Crippen molar-refractivity contribution in [1.29, 1.82) is 0 Å². The highest BCUT2D eigenvalue weighted by Gasteiger charge is 2.68. The molecule has 4 amide bonds. The van der Waals surface area contributed by atoms with Crippen molar-refractivity contribution in [3.8, 4) is 0 Å². The summed E-state index contributed by atoms with van der Waals surface area (Å²) in [7, 11) is 0. The number of nitrogens with zero attached hydrogens (tertiary/aromatic N) is 1. The maximum absolute atomic E-state index is 13.9. The number of hydrogen-bond donors (Lipinski definition) is 2. The number of urea groups is 1. The number of benzene rings is 1. The Morgan fingerprint density at radius 2 is 1.81 bits per heavy atom. The van der Waals surface area contributed by atoms with Gasteiger partial charge in [0.05, 0.1) is 0 Å². The maximum atomic E-state index is 13.9. The molecule has 0 spiro atoms. The molecular weight excluding hydrogens is 411 g/mol. The predicted octanol–water partition coefficient (Wildman–Crippen LogP) is 3.91. The Bertz CT molecular complexity index is 794. The van der Waals surface area contributed by atoms with Gasteiger partial charge in [-0.3, -0.25) is 19.8 Å². The van der Waals surface area contributed by atoms with Crippen molar-refractivity contribution >= 4 is 17.8 Å². The first-order valence-corrected chi connectivity index (χ1v) is 10.8. The van der Waals surface area contributed by atoms with Gasteiger partial charge in [0, 0.05) is 13.0 Å². The van der Waals surface area contributed by atoms with Crippen LogP contribution < -0.4 is 10.6 Å². The van der Waals surface area contributed by atoms with E-state index in [0.717, 1.165) is 37.7 Å². The molecule has 2 fully saturated rings. The lowest BCUT2D eigenvalue weighted by molar-refractivity contribution is -0.204. The van der Waals surface area contributed by atoms with Crippen LogP contribution in [-0.4, -0.2) is 41.1 Å². The minimum Gasteiger partial charge on any atom is -0.318 e. The molecule has 0 aromatic heterocycles. The molecule has 0 unspecified atom stereocenters. The number of carbonyl (C=O) groups excluding carboxylic acids is 3. The molecule has 1 atom stereocenters. The Morgan fingerprint density at radius 1 is 1.13 bits per heavy atom. The lowest BCUT2D eigenvalue weighted by Crippen LogP contribution is -2.69. The van der Waals surface area contributed by atoms with Crippen LogP contribution in [0.4, 0.5) is 18.0 Å². The Kier molecular flexibility index (Phi) is 7.23. The number of hydrogen-bond acceptors (Lipinski definition) is 3. The van der Waals surface area contributed by atoms with E-state index in [4.69, 9.17) is 0 Å². The zero-order chi connectivity index (χ0) is 22.5. The van der Waals surface area contributed by atoms with E-state index < -0.39 is 29.7 Å². The molecule has 0 radical (unpaired) electrons. The topological polar surface area (TPSA) is 78.5 Å². The summed E-state index contributed by atoms with van der Waals surface area (Å²) in [5.74, 6) is -2.06. The van der Waals surface area contributed by atoms with Gasteiger partial charge in [0.25, 0.3) is 11.6 Å². The summed E-state index contributed by atoms with van der Waals surface area (Å²) in [6.45, 7) is -0.171. The molecule has 1 saturated carbocycles. The number of halogens is 3. The molecule has 1 aromatic rings. The monoisotopic (exact) mass is 439 g/mol. The molecule has 3 rings (SSSR count). The van der Waals surface area contributed by atoms with Crippen molar-refractivity contribution in [1.82, 2.24) is 15.5 Å². The minimum atomic E-state index is -5.16. The number of amides is 4. The molecule has 2 N–H and O–H groups in total. The molecule has 1 heterocycles. The van der Waals surface area contributed by atoms with E-state index in [9.17, 15) is 27.6 Å². The Labute approximate surface area is 179 Å². The Morgan fingerprint density at radius 3 is 2.45 bits per heavy atom. The van der Waals surface area contributed by atoms with E-state index >= 15 is 0 Å². The van der Waals surface area contributed by atoms with Crippen molar-refractivity contribution in [2.24, 2.45) is 5.92 Å². The molecule has 1 aliphatic heterocycles. The smallest absolute Gasteiger partial charge is 0.318 e. The average Bonchev–Trinajstić information content (AvgIpc) is 2.98. The zero-order valence-corrected chi connectivity index (χ0v) is 17.3. The quantitative estimate of drug-likeness (QED) is 0.603. The van der Waals surface area contributed by atoms with E-state index in [1.165, 1.54) is 0 Å². The van der Waals surface area contributed by atoms with Gasteiger partial charge in [-0.2, -0.15) is 13.2 Å². The third kappa shape index (κ3) is 5.37. The van der Waals surface area contributed by atoms with E-state index in [1.54, 1.807) is 10.6 Å². The normalized spacial score (nSPS) is 22.5. The molecule has 1 saturated heterocycles. The van der Waals surface area contributed by atoms with Gasteiger partial charge in [-0.25, -0.2) is 4.79 Å². The number of imide groups is 1. The van der Waals surface area contributed by atoms with Gasteiger partial charge < -0.3 is 5.32 Å². The number of rotatable bonds is 8. The van der Waals surface area contributed by atoms with Crippen LogP contribution in [0.3, 0.4) is 0 Å². The predicted molar refractivity (Wildman–Crippen MR) is 108 cm³/mol. The fourth-order valence-corrected chi connectivity index (χ4v) is 4.30. The highest BCUT2D eigenvalue weighted by molar-refractivity contribution is 6.08. The van der Waals surface area contributed by atoms with Gasteiger partial charge in [0.2, 0.25) is 5.91 Å². The number of carbonyl (C=O) groups is 3. The molecule has 6 nitrogen and oxygen atoms in total. The van der Waals surface area contributed by atoms with Gasteiger partial charge in [0.15, 0.2) is 0 Å². The highest BCUT2D eigenvalue weighted by Crippen LogP contribution is 2.34. The van der Waals surface area contributed by atoms with Crippen LogP contribution in [0.5, 0.6) is 0 Å².